The number of nitrogens with zero attached hydrogens (tertiary/aromatic N) is 4. The third-order valence-corrected chi connectivity index (χ3v) is 5.89. The van der Waals surface area contributed by atoms with Crippen molar-refractivity contribution in [1.82, 2.24) is 24.2 Å². The molecule has 11 nitrogen and oxygen atoms in total. The van der Waals surface area contributed by atoms with Crippen molar-refractivity contribution < 1.29 is 18.3 Å². The molecule has 3 aromatic rings. The van der Waals surface area contributed by atoms with Gasteiger partial charge in [0.25, 0.3) is 15.9 Å². The molecule has 0 unspecified atom stereocenters. The number of anilines is 2. The van der Waals surface area contributed by atoms with Crippen LogP contribution in [0.5, 0.6) is 0 Å². The van der Waals surface area contributed by atoms with E-state index in [1.165, 1.54) is 31.6 Å². The summed E-state index contributed by atoms with van der Waals surface area (Å²) in [5.41, 5.74) is 5.98. The molecule has 0 radical (unpaired) electrons. The number of carbonyl (C=O) groups is 1. The first kappa shape index (κ1) is 16.8. The predicted molar refractivity (Wildman–Crippen MR) is 95.7 cm³/mol. The van der Waals surface area contributed by atoms with Crippen LogP contribution in [0.1, 0.15) is 5.56 Å². The average molecular weight is 387 g/mol. The molecule has 4 rings (SSSR count). The van der Waals surface area contributed by atoms with Crippen LogP contribution in [0, 0.1) is 0 Å². The lowest BCUT2D eigenvalue weighted by atomic mass is 10.1. The number of aliphatic hydroxyl groups excluding tert-OH is 1. The van der Waals surface area contributed by atoms with Gasteiger partial charge in [-0.25, -0.2) is 13.4 Å². The zero-order valence-corrected chi connectivity index (χ0v) is 14.6. The first-order chi connectivity index (χ1) is 12.8. The number of nitrogens with one attached hydrogen (secondary N) is 2. The van der Waals surface area contributed by atoms with Gasteiger partial charge in [0, 0.05) is 12.6 Å². The van der Waals surface area contributed by atoms with E-state index in [1.807, 2.05) is 0 Å². The van der Waals surface area contributed by atoms with Crippen molar-refractivity contribution in [1.29, 1.82) is 0 Å². The number of aromatic nitrogens is 4. The van der Waals surface area contributed by atoms with Crippen LogP contribution >= 0.6 is 0 Å². The van der Waals surface area contributed by atoms with Gasteiger partial charge in [-0.05, 0) is 12.1 Å². The highest BCUT2D eigenvalue weighted by Crippen LogP contribution is 2.34. The van der Waals surface area contributed by atoms with Gasteiger partial charge in [0.05, 0.1) is 11.2 Å². The molecule has 0 saturated carbocycles. The van der Waals surface area contributed by atoms with Crippen LogP contribution in [0.25, 0.3) is 16.9 Å². The van der Waals surface area contributed by atoms with Crippen molar-refractivity contribution in [3.63, 3.8) is 0 Å². The van der Waals surface area contributed by atoms with Gasteiger partial charge in [0.15, 0.2) is 22.9 Å². The maximum atomic E-state index is 12.7. The summed E-state index contributed by atoms with van der Waals surface area (Å²) in [6, 6.07) is 5.84. The Labute approximate surface area is 152 Å². The van der Waals surface area contributed by atoms with Gasteiger partial charge in [-0.2, -0.15) is 9.97 Å². The molecule has 0 atom stereocenters. The number of hydrogen-bond acceptors (Lipinski definition) is 8. The van der Waals surface area contributed by atoms with E-state index < -0.39 is 27.4 Å². The Hall–Kier alpha value is -3.67. The second-order valence-electron chi connectivity index (χ2n) is 5.65. The molecule has 27 heavy (non-hydrogen) atoms. The molecular formula is C15H13N7O4S. The van der Waals surface area contributed by atoms with E-state index in [-0.39, 0.29) is 27.9 Å². The Kier molecular flexibility index (Phi) is 3.52. The lowest BCUT2D eigenvalue weighted by molar-refractivity contribution is -0.113. The molecule has 0 bridgehead atoms. The summed E-state index contributed by atoms with van der Waals surface area (Å²) >= 11 is 0. The van der Waals surface area contributed by atoms with E-state index in [1.54, 1.807) is 6.07 Å². The largest absolute Gasteiger partial charge is 0.505 e. The Balaban J connectivity index is 1.78. The smallest absolute Gasteiger partial charge is 0.279 e. The minimum absolute atomic E-state index is 0.0314. The number of benzene rings is 1. The number of rotatable bonds is 2. The van der Waals surface area contributed by atoms with Crippen molar-refractivity contribution in [2.75, 3.05) is 18.1 Å². The number of aromatic amines is 1. The molecule has 12 heteroatoms. The lowest BCUT2D eigenvalue weighted by Gasteiger charge is -2.28. The Morgan fingerprint density at radius 2 is 2.04 bits per heavy atom. The third kappa shape index (κ3) is 2.45. The number of fused-ring (bicyclic) bond motifs is 2. The lowest BCUT2D eigenvalue weighted by Crippen LogP contribution is -2.37. The van der Waals surface area contributed by atoms with Gasteiger partial charge < -0.3 is 15.8 Å². The van der Waals surface area contributed by atoms with Crippen LogP contribution in [0.4, 0.5) is 11.8 Å². The standard InChI is InChI=1S/C15H13N7O4S/c1-22-10(11(23)7-4-2-3-5-8(7)27(22,25)26)14(24)21-15-19-12(16)9-13(20-15)18-6-17-9/h2-6,23H,1H3,(H4,16,17,18,19,20,21,24). The SMILES string of the molecule is CN1C(C(=O)Nc2nc(N)c3[nH]cnc3n2)=C(O)c2ccccc2S1(=O)=O. The van der Waals surface area contributed by atoms with Crippen LogP contribution in [-0.2, 0) is 14.8 Å². The molecule has 1 aliphatic heterocycles. The number of nitrogens with two attached hydrogens (primary N) is 1. The summed E-state index contributed by atoms with van der Waals surface area (Å²) in [6.45, 7) is 0. The molecule has 0 saturated heterocycles. The van der Waals surface area contributed by atoms with E-state index in [0.717, 1.165) is 0 Å². The molecule has 0 spiro atoms. The highest BCUT2D eigenvalue weighted by Gasteiger charge is 2.37. The molecule has 0 fully saturated rings. The topological polar surface area (TPSA) is 167 Å². The Morgan fingerprint density at radius 3 is 2.81 bits per heavy atom. The van der Waals surface area contributed by atoms with Gasteiger partial charge in [-0.15, -0.1) is 0 Å². The predicted octanol–water partition coefficient (Wildman–Crippen LogP) is 0.434. The Morgan fingerprint density at radius 1 is 1.30 bits per heavy atom. The highest BCUT2D eigenvalue weighted by molar-refractivity contribution is 7.89. The molecule has 1 aliphatic rings. The molecule has 1 aromatic carbocycles. The number of aliphatic hydroxyl groups is 1. The number of imidazole rings is 1. The number of likely N-dealkylation sites (N-methyl/N-ethyl adjacent to an activating group) is 1. The van der Waals surface area contributed by atoms with E-state index in [9.17, 15) is 18.3 Å². The van der Waals surface area contributed by atoms with E-state index in [0.29, 0.717) is 9.82 Å². The number of carbonyl (C=O) groups excluding carboxylic acids is 1. The maximum absolute atomic E-state index is 12.7. The highest BCUT2D eigenvalue weighted by atomic mass is 32.2. The second-order valence-corrected chi connectivity index (χ2v) is 7.59. The molecule has 2 aromatic heterocycles. The summed E-state index contributed by atoms with van der Waals surface area (Å²) in [4.78, 5) is 27.2. The number of sulfonamides is 1. The molecule has 138 valence electrons. The number of hydrogen-bond donors (Lipinski definition) is 4. The quantitative estimate of drug-likeness (QED) is 0.491. The van der Waals surface area contributed by atoms with E-state index >= 15 is 0 Å². The molecule has 1 amide bonds. The van der Waals surface area contributed by atoms with Crippen LogP contribution in [0.2, 0.25) is 0 Å². The second kappa shape index (κ2) is 5.67. The van der Waals surface area contributed by atoms with Gasteiger partial charge in [-0.1, -0.05) is 12.1 Å². The fourth-order valence-corrected chi connectivity index (χ4v) is 4.15. The zero-order valence-electron chi connectivity index (χ0n) is 13.8. The molecule has 0 aliphatic carbocycles. The Bertz CT molecular complexity index is 1230. The van der Waals surface area contributed by atoms with Crippen molar-refractivity contribution in [2.45, 2.75) is 4.90 Å². The third-order valence-electron chi connectivity index (χ3n) is 4.07. The fraction of sp³-hybridized carbons (Fsp3) is 0.0667. The van der Waals surface area contributed by atoms with E-state index in [4.69, 9.17) is 5.73 Å². The first-order valence-electron chi connectivity index (χ1n) is 7.60. The molecular weight excluding hydrogens is 374 g/mol. The number of nitrogen functional groups attached to an aromatic ring is 1. The first-order valence-corrected chi connectivity index (χ1v) is 9.04. The van der Waals surface area contributed by atoms with Crippen molar-refractivity contribution in [2.24, 2.45) is 0 Å². The molecule has 3 heterocycles. The average Bonchev–Trinajstić information content (AvgIpc) is 3.10. The van der Waals surface area contributed by atoms with E-state index in [2.05, 4.69) is 25.3 Å². The minimum atomic E-state index is -4.00. The van der Waals surface area contributed by atoms with Crippen LogP contribution < -0.4 is 11.1 Å². The maximum Gasteiger partial charge on any atom is 0.279 e. The number of amides is 1. The van der Waals surface area contributed by atoms with Crippen LogP contribution in [-0.4, -0.2) is 50.7 Å². The van der Waals surface area contributed by atoms with Crippen molar-refractivity contribution in [3.8, 4) is 0 Å². The zero-order chi connectivity index (χ0) is 19.3. The van der Waals surface area contributed by atoms with Crippen LogP contribution in [0.15, 0.2) is 41.2 Å². The summed E-state index contributed by atoms with van der Waals surface area (Å²) in [6.07, 6.45) is 1.37. The van der Waals surface area contributed by atoms with Gasteiger partial charge in [0.1, 0.15) is 5.52 Å². The number of H-pyrrole nitrogens is 1. The summed E-state index contributed by atoms with van der Waals surface area (Å²) in [5.74, 6) is -1.51. The minimum Gasteiger partial charge on any atom is -0.505 e. The van der Waals surface area contributed by atoms with Gasteiger partial charge in [-0.3, -0.25) is 14.4 Å². The normalized spacial score (nSPS) is 15.7. The summed E-state index contributed by atoms with van der Waals surface area (Å²) < 4.78 is 26.0. The molecule has 5 N–H and O–H groups in total. The summed E-state index contributed by atoms with van der Waals surface area (Å²) in [5, 5.41) is 12.8. The monoisotopic (exact) mass is 387 g/mol. The fourth-order valence-electron chi connectivity index (χ4n) is 2.75. The van der Waals surface area contributed by atoms with Crippen molar-refractivity contribution in [3.05, 3.63) is 41.9 Å². The van der Waals surface area contributed by atoms with Crippen molar-refractivity contribution >= 4 is 44.6 Å². The van der Waals surface area contributed by atoms with Gasteiger partial charge >= 0.3 is 0 Å². The van der Waals surface area contributed by atoms with Crippen LogP contribution in [0.3, 0.4) is 0 Å². The summed E-state index contributed by atoms with van der Waals surface area (Å²) in [7, 11) is -2.83. The van der Waals surface area contributed by atoms with Gasteiger partial charge in [0.2, 0.25) is 5.95 Å².